The third-order valence-corrected chi connectivity index (χ3v) is 5.92. The molecule has 0 saturated heterocycles. The summed E-state index contributed by atoms with van der Waals surface area (Å²) in [5, 5.41) is 23.5. The van der Waals surface area contributed by atoms with Crippen LogP contribution in [-0.2, 0) is 4.79 Å². The number of aryl methyl sites for hydroxylation is 1. The molecule has 1 N–H and O–H groups in total. The van der Waals surface area contributed by atoms with Gasteiger partial charge in [0, 0.05) is 23.1 Å². The van der Waals surface area contributed by atoms with Crippen LogP contribution in [0.1, 0.15) is 12.7 Å². The van der Waals surface area contributed by atoms with Crippen molar-refractivity contribution >= 4 is 39.8 Å². The minimum atomic E-state index is -0.524. The molecule has 31 heavy (non-hydrogen) atoms. The first-order valence-corrected chi connectivity index (χ1v) is 10.7. The number of carbonyl (C=O) groups excluding carboxylic acids is 1. The highest BCUT2D eigenvalue weighted by atomic mass is 32.2. The zero-order chi connectivity index (χ0) is 22.0. The molecule has 0 fully saturated rings. The Labute approximate surface area is 183 Å². The third-order valence-electron chi connectivity index (χ3n) is 4.23. The molecule has 10 nitrogen and oxygen atoms in total. The van der Waals surface area contributed by atoms with E-state index in [1.807, 2.05) is 0 Å². The molecule has 1 amide bonds. The van der Waals surface area contributed by atoms with E-state index in [-0.39, 0.29) is 16.8 Å². The number of non-ortho nitro benzene ring substituents is 1. The summed E-state index contributed by atoms with van der Waals surface area (Å²) in [6, 6.07) is 7.89. The van der Waals surface area contributed by atoms with E-state index in [4.69, 9.17) is 8.83 Å². The number of nitrogens with one attached hydrogen (secondary N) is 1. The summed E-state index contributed by atoms with van der Waals surface area (Å²) in [7, 11) is 0. The zero-order valence-electron chi connectivity index (χ0n) is 16.3. The SMILES string of the molecule is Cc1occc1-c1nnc(SC(C)C(=O)Nc2nc(-c3cccc([N+](=O)[O-])c3)cs2)o1. The van der Waals surface area contributed by atoms with E-state index in [1.165, 1.54) is 29.7 Å². The summed E-state index contributed by atoms with van der Waals surface area (Å²) in [5.74, 6) is 0.696. The Kier molecular flexibility index (Phi) is 5.82. The molecule has 0 bridgehead atoms. The van der Waals surface area contributed by atoms with Crippen LogP contribution in [0.25, 0.3) is 22.7 Å². The van der Waals surface area contributed by atoms with Crippen LogP contribution in [0.4, 0.5) is 10.8 Å². The van der Waals surface area contributed by atoms with E-state index in [2.05, 4.69) is 20.5 Å². The predicted molar refractivity (Wildman–Crippen MR) is 115 cm³/mol. The summed E-state index contributed by atoms with van der Waals surface area (Å²) < 4.78 is 10.8. The number of nitro benzene ring substituents is 1. The Morgan fingerprint density at radius 3 is 2.90 bits per heavy atom. The second-order valence-electron chi connectivity index (χ2n) is 6.36. The monoisotopic (exact) mass is 457 g/mol. The van der Waals surface area contributed by atoms with E-state index in [0.717, 1.165) is 11.8 Å². The fourth-order valence-corrected chi connectivity index (χ4v) is 4.03. The maximum atomic E-state index is 12.5. The molecule has 4 rings (SSSR count). The average Bonchev–Trinajstić information content (AvgIpc) is 3.49. The first-order chi connectivity index (χ1) is 14.9. The number of thiazole rings is 1. The molecule has 4 aromatic rings. The van der Waals surface area contributed by atoms with Gasteiger partial charge >= 0.3 is 0 Å². The second-order valence-corrected chi connectivity index (χ2v) is 8.51. The topological polar surface area (TPSA) is 137 Å². The van der Waals surface area contributed by atoms with E-state index in [0.29, 0.717) is 33.6 Å². The van der Waals surface area contributed by atoms with Crippen LogP contribution in [0.15, 0.2) is 56.0 Å². The van der Waals surface area contributed by atoms with Crippen molar-refractivity contribution in [3.05, 3.63) is 57.8 Å². The Bertz CT molecular complexity index is 1250. The van der Waals surface area contributed by atoms with E-state index in [1.54, 1.807) is 37.4 Å². The summed E-state index contributed by atoms with van der Waals surface area (Å²) in [6.45, 7) is 3.50. The largest absolute Gasteiger partial charge is 0.469 e. The van der Waals surface area contributed by atoms with Gasteiger partial charge in [-0.25, -0.2) is 4.98 Å². The molecule has 0 spiro atoms. The predicted octanol–water partition coefficient (Wildman–Crippen LogP) is 4.79. The molecular weight excluding hydrogens is 442 g/mol. The quantitative estimate of drug-likeness (QED) is 0.236. The van der Waals surface area contributed by atoms with Gasteiger partial charge in [-0.05, 0) is 19.9 Å². The van der Waals surface area contributed by atoms with Gasteiger partial charge in [-0.2, -0.15) is 0 Å². The maximum absolute atomic E-state index is 12.5. The van der Waals surface area contributed by atoms with Crippen molar-refractivity contribution in [2.24, 2.45) is 0 Å². The minimum Gasteiger partial charge on any atom is -0.469 e. The molecule has 0 aliphatic rings. The number of furan rings is 1. The molecule has 3 aromatic heterocycles. The Morgan fingerprint density at radius 1 is 1.32 bits per heavy atom. The number of amides is 1. The Balaban J connectivity index is 1.40. The summed E-state index contributed by atoms with van der Waals surface area (Å²) in [4.78, 5) is 27.4. The smallest absolute Gasteiger partial charge is 0.277 e. The molecule has 0 aliphatic carbocycles. The number of thioether (sulfide) groups is 1. The number of nitrogens with zero attached hydrogens (tertiary/aromatic N) is 4. The number of benzene rings is 1. The highest BCUT2D eigenvalue weighted by molar-refractivity contribution is 8.00. The molecule has 158 valence electrons. The van der Waals surface area contributed by atoms with Gasteiger partial charge in [-0.3, -0.25) is 14.9 Å². The lowest BCUT2D eigenvalue weighted by Crippen LogP contribution is -2.22. The fraction of sp³-hybridized carbons (Fsp3) is 0.158. The highest BCUT2D eigenvalue weighted by Crippen LogP contribution is 2.30. The van der Waals surface area contributed by atoms with Crippen molar-refractivity contribution < 1.29 is 18.6 Å². The van der Waals surface area contributed by atoms with Gasteiger partial charge < -0.3 is 14.2 Å². The van der Waals surface area contributed by atoms with Crippen LogP contribution >= 0.6 is 23.1 Å². The van der Waals surface area contributed by atoms with Crippen LogP contribution in [-0.4, -0.2) is 31.3 Å². The van der Waals surface area contributed by atoms with Crippen molar-refractivity contribution in [1.29, 1.82) is 0 Å². The summed E-state index contributed by atoms with van der Waals surface area (Å²) in [6.07, 6.45) is 1.54. The fourth-order valence-electron chi connectivity index (χ4n) is 2.63. The molecule has 1 atom stereocenters. The van der Waals surface area contributed by atoms with Gasteiger partial charge in [0.1, 0.15) is 5.76 Å². The molecule has 0 saturated carbocycles. The number of hydrogen-bond acceptors (Lipinski definition) is 10. The standard InChI is InChI=1S/C19H15N5O5S2/c1-10-14(6-7-28-10)17-22-23-19(29-17)31-11(2)16(25)21-18-20-15(9-30-18)12-4-3-5-13(8-12)24(26)27/h3-9,11H,1-2H3,(H,20,21,25). The number of nitro groups is 1. The van der Waals surface area contributed by atoms with E-state index >= 15 is 0 Å². The molecule has 1 unspecified atom stereocenters. The van der Waals surface area contributed by atoms with Crippen LogP contribution in [0.3, 0.4) is 0 Å². The van der Waals surface area contributed by atoms with Crippen molar-refractivity contribution in [2.45, 2.75) is 24.3 Å². The summed E-state index contributed by atoms with van der Waals surface area (Å²) in [5.41, 5.74) is 1.82. The van der Waals surface area contributed by atoms with E-state index in [9.17, 15) is 14.9 Å². The lowest BCUT2D eigenvalue weighted by molar-refractivity contribution is -0.384. The number of aromatic nitrogens is 3. The lowest BCUT2D eigenvalue weighted by Gasteiger charge is -2.07. The molecule has 0 aliphatic heterocycles. The maximum Gasteiger partial charge on any atom is 0.277 e. The Hall–Kier alpha value is -3.51. The zero-order valence-corrected chi connectivity index (χ0v) is 17.9. The van der Waals surface area contributed by atoms with Gasteiger partial charge in [-0.15, -0.1) is 21.5 Å². The van der Waals surface area contributed by atoms with Crippen molar-refractivity contribution in [1.82, 2.24) is 15.2 Å². The van der Waals surface area contributed by atoms with Gasteiger partial charge in [0.25, 0.3) is 16.8 Å². The molecule has 0 radical (unpaired) electrons. The lowest BCUT2D eigenvalue weighted by atomic mass is 10.1. The highest BCUT2D eigenvalue weighted by Gasteiger charge is 2.21. The summed E-state index contributed by atoms with van der Waals surface area (Å²) >= 11 is 2.35. The molecule has 1 aromatic carbocycles. The Morgan fingerprint density at radius 2 is 2.16 bits per heavy atom. The van der Waals surface area contributed by atoms with Crippen LogP contribution < -0.4 is 5.32 Å². The average molecular weight is 457 g/mol. The van der Waals surface area contributed by atoms with Gasteiger partial charge in [0.15, 0.2) is 5.13 Å². The van der Waals surface area contributed by atoms with Crippen LogP contribution in [0.2, 0.25) is 0 Å². The normalized spacial score (nSPS) is 11.9. The number of anilines is 1. The molecule has 12 heteroatoms. The van der Waals surface area contributed by atoms with Gasteiger partial charge in [-0.1, -0.05) is 23.9 Å². The first kappa shape index (κ1) is 20.8. The van der Waals surface area contributed by atoms with Crippen molar-refractivity contribution in [2.75, 3.05) is 5.32 Å². The minimum absolute atomic E-state index is 0.0225. The van der Waals surface area contributed by atoms with E-state index < -0.39 is 10.2 Å². The van der Waals surface area contributed by atoms with Crippen molar-refractivity contribution in [3.8, 4) is 22.7 Å². The number of hydrogen-bond donors (Lipinski definition) is 1. The number of carbonyl (C=O) groups is 1. The van der Waals surface area contributed by atoms with Crippen LogP contribution in [0, 0.1) is 17.0 Å². The van der Waals surface area contributed by atoms with Crippen molar-refractivity contribution in [3.63, 3.8) is 0 Å². The second kappa shape index (κ2) is 8.70. The number of rotatable bonds is 7. The van der Waals surface area contributed by atoms with Gasteiger partial charge in [0.2, 0.25) is 5.91 Å². The van der Waals surface area contributed by atoms with Crippen LogP contribution in [0.5, 0.6) is 0 Å². The third kappa shape index (κ3) is 4.64. The molecular formula is C19H15N5O5S2. The van der Waals surface area contributed by atoms with Gasteiger partial charge in [0.05, 0.1) is 27.7 Å². The molecule has 3 heterocycles. The first-order valence-electron chi connectivity index (χ1n) is 8.96.